The van der Waals surface area contributed by atoms with Crippen molar-refractivity contribution >= 4 is 6.21 Å². The number of hydrogen-bond donors (Lipinski definition) is 0. The van der Waals surface area contributed by atoms with E-state index in [2.05, 4.69) is 4.99 Å². The fourth-order valence-corrected chi connectivity index (χ4v) is 1.43. The Labute approximate surface area is 110 Å². The van der Waals surface area contributed by atoms with E-state index in [1.807, 2.05) is 6.92 Å². The van der Waals surface area contributed by atoms with Crippen molar-refractivity contribution in [1.82, 2.24) is 0 Å². The number of ether oxygens (including phenoxy) is 1. The maximum Gasteiger partial charge on any atom is 0.208 e. The number of allylic oxidation sites excluding steroid dienone is 1. The summed E-state index contributed by atoms with van der Waals surface area (Å²) in [6, 6.07) is 1.66. The van der Waals surface area contributed by atoms with Crippen LogP contribution in [0, 0.1) is 17.5 Å². The summed E-state index contributed by atoms with van der Waals surface area (Å²) in [4.78, 5) is 4.01. The van der Waals surface area contributed by atoms with Crippen LogP contribution in [0.2, 0.25) is 0 Å². The minimum absolute atomic E-state index is 0.0258. The van der Waals surface area contributed by atoms with E-state index in [-0.39, 0.29) is 18.6 Å². The van der Waals surface area contributed by atoms with Gasteiger partial charge in [-0.3, -0.25) is 0 Å². The molecule has 0 aromatic heterocycles. The van der Waals surface area contributed by atoms with Gasteiger partial charge in [0.25, 0.3) is 0 Å². The van der Waals surface area contributed by atoms with Crippen molar-refractivity contribution in [2.45, 2.75) is 26.7 Å². The molecule has 0 atom stereocenters. The highest BCUT2D eigenvalue weighted by atomic mass is 19.2. The highest BCUT2D eigenvalue weighted by Crippen LogP contribution is 2.16. The van der Waals surface area contributed by atoms with Gasteiger partial charge in [-0.1, -0.05) is 6.92 Å². The first-order valence-electron chi connectivity index (χ1n) is 6.04. The summed E-state index contributed by atoms with van der Waals surface area (Å²) < 4.78 is 44.9. The summed E-state index contributed by atoms with van der Waals surface area (Å²) in [5.74, 6) is -2.63. The largest absolute Gasteiger partial charge is 0.478 e. The number of aliphatic imine (C=N–C) groups is 1. The molecule has 0 bridgehead atoms. The van der Waals surface area contributed by atoms with E-state index in [1.54, 1.807) is 19.2 Å². The van der Waals surface area contributed by atoms with Gasteiger partial charge in [-0.25, -0.2) is 18.2 Å². The average molecular weight is 271 g/mol. The Kier molecular flexibility index (Phi) is 6.12. The Bertz CT molecular complexity index is 484. The molecule has 0 heterocycles. The van der Waals surface area contributed by atoms with Crippen LogP contribution in [0.1, 0.15) is 25.8 Å². The van der Waals surface area contributed by atoms with Crippen LogP contribution in [0.5, 0.6) is 0 Å². The number of nitrogens with zero attached hydrogens (tertiary/aromatic N) is 1. The Hall–Kier alpha value is -1.78. The van der Waals surface area contributed by atoms with Crippen LogP contribution in [0.4, 0.5) is 13.2 Å². The van der Waals surface area contributed by atoms with E-state index in [0.717, 1.165) is 18.6 Å². The van der Waals surface area contributed by atoms with Crippen LogP contribution >= 0.6 is 0 Å². The van der Waals surface area contributed by atoms with Crippen LogP contribution in [0.25, 0.3) is 0 Å². The highest BCUT2D eigenvalue weighted by molar-refractivity contribution is 5.57. The van der Waals surface area contributed by atoms with Crippen LogP contribution in [0.3, 0.4) is 0 Å². The summed E-state index contributed by atoms with van der Waals surface area (Å²) in [5.41, 5.74) is -0.310. The number of benzene rings is 1. The Morgan fingerprint density at radius 1 is 1.26 bits per heavy atom. The molecule has 0 saturated carbocycles. The molecular formula is C14H16F3NO. The van der Waals surface area contributed by atoms with Gasteiger partial charge in [-0.05, 0) is 31.6 Å². The van der Waals surface area contributed by atoms with Gasteiger partial charge in [0.05, 0.1) is 6.61 Å². The predicted octanol–water partition coefficient (Wildman–Crippen LogP) is 4.01. The molecule has 0 N–H and O–H groups in total. The molecule has 1 rings (SSSR count). The van der Waals surface area contributed by atoms with E-state index in [4.69, 9.17) is 4.74 Å². The van der Waals surface area contributed by atoms with Gasteiger partial charge in [0, 0.05) is 18.2 Å². The Morgan fingerprint density at radius 3 is 2.58 bits per heavy atom. The predicted molar refractivity (Wildman–Crippen MR) is 68.5 cm³/mol. The van der Waals surface area contributed by atoms with Crippen molar-refractivity contribution in [2.24, 2.45) is 4.99 Å². The van der Waals surface area contributed by atoms with Crippen molar-refractivity contribution < 1.29 is 17.9 Å². The zero-order valence-corrected chi connectivity index (χ0v) is 10.9. The second-order valence-corrected chi connectivity index (χ2v) is 3.77. The average Bonchev–Trinajstić information content (AvgIpc) is 2.41. The van der Waals surface area contributed by atoms with E-state index < -0.39 is 17.5 Å². The van der Waals surface area contributed by atoms with Crippen molar-refractivity contribution in [3.8, 4) is 0 Å². The molecule has 0 fully saturated rings. The molecule has 0 spiro atoms. The quantitative estimate of drug-likeness (QED) is 0.435. The monoisotopic (exact) mass is 271 g/mol. The fourth-order valence-electron chi connectivity index (χ4n) is 1.43. The third-order valence-electron chi connectivity index (χ3n) is 2.39. The number of rotatable bonds is 6. The van der Waals surface area contributed by atoms with E-state index in [0.29, 0.717) is 5.88 Å². The van der Waals surface area contributed by atoms with Gasteiger partial charge in [0.15, 0.2) is 11.6 Å². The normalized spacial score (nSPS) is 12.2. The molecule has 0 saturated heterocycles. The molecule has 5 heteroatoms. The third-order valence-corrected chi connectivity index (χ3v) is 2.39. The molecular weight excluding hydrogens is 255 g/mol. The second kappa shape index (κ2) is 7.61. The van der Waals surface area contributed by atoms with Crippen molar-refractivity contribution in [2.75, 3.05) is 6.61 Å². The van der Waals surface area contributed by atoms with E-state index in [9.17, 15) is 13.2 Å². The van der Waals surface area contributed by atoms with Crippen LogP contribution in [0.15, 0.2) is 29.1 Å². The first-order chi connectivity index (χ1) is 9.10. The summed E-state index contributed by atoms with van der Waals surface area (Å²) >= 11 is 0. The fraction of sp³-hybridized carbons (Fsp3) is 0.357. The molecule has 0 aliphatic carbocycles. The minimum atomic E-state index is -1.16. The second-order valence-electron chi connectivity index (χ2n) is 3.77. The Balaban J connectivity index is 2.63. The first-order valence-corrected chi connectivity index (χ1v) is 6.04. The van der Waals surface area contributed by atoms with Gasteiger partial charge in [-0.2, -0.15) is 0 Å². The molecule has 2 nitrogen and oxygen atoms in total. The van der Waals surface area contributed by atoms with Gasteiger partial charge in [0.2, 0.25) is 5.88 Å². The molecule has 0 aliphatic rings. The number of halogens is 3. The van der Waals surface area contributed by atoms with E-state index in [1.165, 1.54) is 0 Å². The molecule has 1 aromatic carbocycles. The van der Waals surface area contributed by atoms with E-state index >= 15 is 0 Å². The number of hydrogen-bond acceptors (Lipinski definition) is 2. The lowest BCUT2D eigenvalue weighted by Gasteiger charge is -2.08. The summed E-state index contributed by atoms with van der Waals surface area (Å²) in [6.07, 6.45) is 4.01. The first kappa shape index (κ1) is 15.3. The molecule has 19 heavy (non-hydrogen) atoms. The molecule has 104 valence electrons. The molecule has 0 aliphatic heterocycles. The zero-order chi connectivity index (χ0) is 14.3. The minimum Gasteiger partial charge on any atom is -0.478 e. The van der Waals surface area contributed by atoms with Crippen molar-refractivity contribution in [3.05, 3.63) is 47.1 Å². The maximum absolute atomic E-state index is 13.4. The van der Waals surface area contributed by atoms with Crippen LogP contribution < -0.4 is 0 Å². The lowest BCUT2D eigenvalue weighted by molar-refractivity contribution is 0.211. The van der Waals surface area contributed by atoms with Gasteiger partial charge < -0.3 is 4.74 Å². The topological polar surface area (TPSA) is 21.6 Å². The summed E-state index contributed by atoms with van der Waals surface area (Å²) in [6.45, 7) is 3.69. The van der Waals surface area contributed by atoms with Gasteiger partial charge in [0.1, 0.15) is 5.82 Å². The van der Waals surface area contributed by atoms with Crippen LogP contribution in [-0.4, -0.2) is 12.8 Å². The summed E-state index contributed by atoms with van der Waals surface area (Å²) in [7, 11) is 0. The summed E-state index contributed by atoms with van der Waals surface area (Å²) in [5, 5.41) is 0. The molecule has 1 aromatic rings. The van der Waals surface area contributed by atoms with Crippen LogP contribution in [-0.2, 0) is 11.2 Å². The Morgan fingerprint density at radius 2 is 1.95 bits per heavy atom. The van der Waals surface area contributed by atoms with Gasteiger partial charge >= 0.3 is 0 Å². The SMILES string of the molecule is C/C=C(\N=C/CC)OCCc1c(F)ccc(F)c1F. The molecule has 0 radical (unpaired) electrons. The standard InChI is InChI=1S/C14H16F3NO/c1-3-8-18-13(4-2)19-9-7-10-11(15)5-6-12(16)14(10)17/h4-6,8H,3,7,9H2,1-2H3/b13-4+,18-8-. The molecule has 0 amide bonds. The smallest absolute Gasteiger partial charge is 0.208 e. The lowest BCUT2D eigenvalue weighted by atomic mass is 10.1. The molecule has 0 unspecified atom stereocenters. The highest BCUT2D eigenvalue weighted by Gasteiger charge is 2.13. The van der Waals surface area contributed by atoms with Crippen molar-refractivity contribution in [3.63, 3.8) is 0 Å². The lowest BCUT2D eigenvalue weighted by Crippen LogP contribution is -2.04. The van der Waals surface area contributed by atoms with Gasteiger partial charge in [-0.15, -0.1) is 0 Å². The van der Waals surface area contributed by atoms with Crippen molar-refractivity contribution in [1.29, 1.82) is 0 Å². The zero-order valence-electron chi connectivity index (χ0n) is 10.9. The maximum atomic E-state index is 13.4. The third kappa shape index (κ3) is 4.43.